The van der Waals surface area contributed by atoms with Crippen molar-refractivity contribution in [3.05, 3.63) is 22.8 Å². The Morgan fingerprint density at radius 3 is 2.58 bits per heavy atom. The van der Waals surface area contributed by atoms with Gasteiger partial charge in [-0.2, -0.15) is 0 Å². The molecule has 2 aliphatic rings. The molecule has 172 valence electrons. The van der Waals surface area contributed by atoms with Crippen LogP contribution in [0.25, 0.3) is 0 Å². The zero-order chi connectivity index (χ0) is 23.2. The van der Waals surface area contributed by atoms with Crippen LogP contribution in [0.4, 0.5) is 0 Å². The van der Waals surface area contributed by atoms with Crippen LogP contribution in [0.2, 0.25) is 0 Å². The molecule has 1 amide bonds. The molecular weight excluding hydrogens is 406 g/mol. The standard InChI is InChI=1S/C22H31NO8/c1-9-11-5-15(31-21(29)19(11)14(26)6-12(9)24)10(2)13(25)7-18-22(3,4)17(27)8-16(30-18)20(23)28/h6,10,13,15-18,24-27H,5,7-8H2,1-4H3,(H2,23,28)/t10-,13?,15?,16+,17-,18?/m1/s1. The highest BCUT2D eigenvalue weighted by atomic mass is 16.5. The van der Waals surface area contributed by atoms with Gasteiger partial charge in [0.05, 0.1) is 18.3 Å². The lowest BCUT2D eigenvalue weighted by molar-refractivity contribution is -0.190. The van der Waals surface area contributed by atoms with Crippen LogP contribution in [0.5, 0.6) is 11.5 Å². The summed E-state index contributed by atoms with van der Waals surface area (Å²) in [5.74, 6) is -2.38. The molecule has 9 heteroatoms. The molecule has 0 aliphatic carbocycles. The number of aliphatic hydroxyl groups excluding tert-OH is 2. The number of hydrogen-bond acceptors (Lipinski definition) is 8. The fraction of sp³-hybridized carbons (Fsp3) is 0.636. The molecule has 2 aliphatic heterocycles. The Hall–Kier alpha value is -2.36. The van der Waals surface area contributed by atoms with E-state index in [2.05, 4.69) is 0 Å². The quantitative estimate of drug-likeness (QED) is 0.425. The molecule has 3 unspecified atom stereocenters. The molecule has 0 aromatic heterocycles. The van der Waals surface area contributed by atoms with Crippen LogP contribution in [-0.4, -0.2) is 62.8 Å². The number of phenols is 2. The summed E-state index contributed by atoms with van der Waals surface area (Å²) in [6.07, 6.45) is -3.69. The van der Waals surface area contributed by atoms with Gasteiger partial charge < -0.3 is 35.6 Å². The molecule has 0 radical (unpaired) electrons. The topological polar surface area (TPSA) is 160 Å². The average molecular weight is 437 g/mol. The number of aliphatic hydroxyl groups is 2. The van der Waals surface area contributed by atoms with Crippen LogP contribution in [0.1, 0.15) is 55.1 Å². The third-order valence-electron chi connectivity index (χ3n) is 6.96. The number of esters is 1. The zero-order valence-electron chi connectivity index (χ0n) is 18.2. The normalized spacial score (nSPS) is 29.5. The van der Waals surface area contributed by atoms with E-state index in [1.807, 2.05) is 0 Å². The molecule has 1 aromatic rings. The van der Waals surface area contributed by atoms with Crippen LogP contribution in [0.3, 0.4) is 0 Å². The number of cyclic esters (lactones) is 1. The third-order valence-corrected chi connectivity index (χ3v) is 6.96. The molecular formula is C22H31NO8. The predicted molar refractivity (Wildman–Crippen MR) is 109 cm³/mol. The molecule has 6 atom stereocenters. The van der Waals surface area contributed by atoms with E-state index >= 15 is 0 Å². The van der Waals surface area contributed by atoms with Gasteiger partial charge in [-0.1, -0.05) is 20.8 Å². The van der Waals surface area contributed by atoms with Gasteiger partial charge in [-0.05, 0) is 18.1 Å². The van der Waals surface area contributed by atoms with Crippen molar-refractivity contribution < 1.29 is 39.5 Å². The van der Waals surface area contributed by atoms with Gasteiger partial charge in [0, 0.05) is 36.7 Å². The summed E-state index contributed by atoms with van der Waals surface area (Å²) in [5, 5.41) is 41.4. The van der Waals surface area contributed by atoms with E-state index in [-0.39, 0.29) is 36.3 Å². The van der Waals surface area contributed by atoms with Crippen molar-refractivity contribution >= 4 is 11.9 Å². The Morgan fingerprint density at radius 2 is 1.97 bits per heavy atom. The van der Waals surface area contributed by atoms with E-state index in [4.69, 9.17) is 15.2 Å². The first-order chi connectivity index (χ1) is 14.3. The summed E-state index contributed by atoms with van der Waals surface area (Å²) in [5.41, 5.74) is 5.61. The molecule has 0 saturated carbocycles. The summed E-state index contributed by atoms with van der Waals surface area (Å²) in [6.45, 7) is 6.96. The molecule has 1 fully saturated rings. The molecule has 0 spiro atoms. The van der Waals surface area contributed by atoms with Crippen molar-refractivity contribution in [2.24, 2.45) is 17.1 Å². The Balaban J connectivity index is 1.78. The first kappa shape index (κ1) is 23.3. The van der Waals surface area contributed by atoms with Crippen LogP contribution in [0, 0.1) is 18.3 Å². The molecule has 2 heterocycles. The summed E-state index contributed by atoms with van der Waals surface area (Å²) >= 11 is 0. The predicted octanol–water partition coefficient (Wildman–Crippen LogP) is 0.905. The fourth-order valence-electron chi connectivity index (χ4n) is 4.40. The lowest BCUT2D eigenvalue weighted by Crippen LogP contribution is -2.55. The van der Waals surface area contributed by atoms with Gasteiger partial charge in [-0.3, -0.25) is 4.79 Å². The Kier molecular flexibility index (Phi) is 6.23. The lowest BCUT2D eigenvalue weighted by Gasteiger charge is -2.46. The van der Waals surface area contributed by atoms with Crippen molar-refractivity contribution in [2.45, 2.75) is 77.5 Å². The maximum absolute atomic E-state index is 12.5. The van der Waals surface area contributed by atoms with Gasteiger partial charge in [0.15, 0.2) is 0 Å². The largest absolute Gasteiger partial charge is 0.508 e. The number of primary amides is 1. The smallest absolute Gasteiger partial charge is 0.342 e. The Bertz CT molecular complexity index is 883. The number of fused-ring (bicyclic) bond motifs is 1. The number of hydrogen-bond donors (Lipinski definition) is 5. The van der Waals surface area contributed by atoms with Gasteiger partial charge in [0.25, 0.3) is 0 Å². The average Bonchev–Trinajstić information content (AvgIpc) is 2.68. The molecule has 1 aromatic carbocycles. The minimum Gasteiger partial charge on any atom is -0.508 e. The minimum atomic E-state index is -0.978. The Morgan fingerprint density at radius 1 is 1.32 bits per heavy atom. The minimum absolute atomic E-state index is 0.0254. The first-order valence-electron chi connectivity index (χ1n) is 10.4. The summed E-state index contributed by atoms with van der Waals surface area (Å²) in [7, 11) is 0. The van der Waals surface area contributed by atoms with Crippen LogP contribution in [-0.2, 0) is 20.7 Å². The van der Waals surface area contributed by atoms with E-state index in [1.165, 1.54) is 0 Å². The van der Waals surface area contributed by atoms with Gasteiger partial charge in [-0.25, -0.2) is 4.79 Å². The third kappa shape index (κ3) is 4.22. The Labute approximate surface area is 180 Å². The summed E-state index contributed by atoms with van der Waals surface area (Å²) in [4.78, 5) is 24.1. The van der Waals surface area contributed by atoms with Crippen molar-refractivity contribution in [2.75, 3.05) is 0 Å². The van der Waals surface area contributed by atoms with E-state index in [9.17, 15) is 30.0 Å². The number of nitrogens with two attached hydrogens (primary N) is 1. The SMILES string of the molecule is Cc1c(O)cc(O)c2c1CC([C@H](C)C(O)CC1O[C@H](C(N)=O)C[C@@H](O)C1(C)C)OC2=O. The molecule has 1 saturated heterocycles. The highest BCUT2D eigenvalue weighted by Crippen LogP contribution is 2.41. The van der Waals surface area contributed by atoms with Crippen molar-refractivity contribution in [1.29, 1.82) is 0 Å². The van der Waals surface area contributed by atoms with Gasteiger partial charge in [-0.15, -0.1) is 0 Å². The number of amides is 1. The number of carbonyl (C=O) groups excluding carboxylic acids is 2. The van der Waals surface area contributed by atoms with Gasteiger partial charge in [0.2, 0.25) is 5.91 Å². The fourth-order valence-corrected chi connectivity index (χ4v) is 4.40. The number of carbonyl (C=O) groups is 2. The van der Waals surface area contributed by atoms with Crippen molar-refractivity contribution in [3.8, 4) is 11.5 Å². The van der Waals surface area contributed by atoms with Crippen molar-refractivity contribution in [3.63, 3.8) is 0 Å². The molecule has 0 bridgehead atoms. The number of rotatable bonds is 5. The maximum atomic E-state index is 12.5. The van der Waals surface area contributed by atoms with E-state index in [0.29, 0.717) is 11.1 Å². The molecule has 31 heavy (non-hydrogen) atoms. The van der Waals surface area contributed by atoms with Gasteiger partial charge >= 0.3 is 5.97 Å². The number of benzene rings is 1. The second-order valence-electron chi connectivity index (χ2n) is 9.29. The summed E-state index contributed by atoms with van der Waals surface area (Å²) < 4.78 is 11.3. The van der Waals surface area contributed by atoms with Crippen LogP contribution >= 0.6 is 0 Å². The number of aromatic hydroxyl groups is 2. The second kappa shape index (κ2) is 8.29. The monoisotopic (exact) mass is 437 g/mol. The number of phenolic OH excluding ortho intramolecular Hbond substituents is 2. The highest BCUT2D eigenvalue weighted by molar-refractivity contribution is 5.96. The highest BCUT2D eigenvalue weighted by Gasteiger charge is 2.47. The zero-order valence-corrected chi connectivity index (χ0v) is 18.2. The molecule has 9 nitrogen and oxygen atoms in total. The number of ether oxygens (including phenoxy) is 2. The summed E-state index contributed by atoms with van der Waals surface area (Å²) in [6, 6.07) is 1.11. The van der Waals surface area contributed by atoms with E-state index in [1.54, 1.807) is 27.7 Å². The van der Waals surface area contributed by atoms with Crippen molar-refractivity contribution in [1.82, 2.24) is 0 Å². The van der Waals surface area contributed by atoms with Crippen LogP contribution in [0.15, 0.2) is 6.07 Å². The van der Waals surface area contributed by atoms with Gasteiger partial charge in [0.1, 0.15) is 29.3 Å². The second-order valence-corrected chi connectivity index (χ2v) is 9.29. The van der Waals surface area contributed by atoms with E-state index < -0.39 is 53.7 Å². The first-order valence-corrected chi connectivity index (χ1v) is 10.4. The lowest BCUT2D eigenvalue weighted by atomic mass is 9.73. The molecule has 6 N–H and O–H groups in total. The molecule has 3 rings (SSSR count). The van der Waals surface area contributed by atoms with Crippen LogP contribution < -0.4 is 5.73 Å². The maximum Gasteiger partial charge on any atom is 0.342 e. The van der Waals surface area contributed by atoms with E-state index in [0.717, 1.165) is 6.07 Å².